The number of ether oxygens (including phenoxy) is 2. The van der Waals surface area contributed by atoms with Gasteiger partial charge in [-0.25, -0.2) is 4.39 Å². The number of hydrogen-bond acceptors (Lipinski definition) is 4. The monoisotopic (exact) mass is 424 g/mol. The van der Waals surface area contributed by atoms with Gasteiger partial charge in [-0.1, -0.05) is 18.2 Å². The Hall–Kier alpha value is -2.93. The van der Waals surface area contributed by atoms with Crippen molar-refractivity contribution in [3.05, 3.63) is 58.9 Å². The van der Waals surface area contributed by atoms with Crippen LogP contribution in [0.1, 0.15) is 41.9 Å². The molecule has 0 saturated carbocycles. The van der Waals surface area contributed by atoms with E-state index in [1.807, 2.05) is 17.0 Å². The molecule has 162 valence electrons. The molecule has 2 aromatic rings. The third kappa shape index (κ3) is 3.37. The minimum Gasteiger partial charge on any atom is -0.496 e. The average molecular weight is 424 g/mol. The summed E-state index contributed by atoms with van der Waals surface area (Å²) in [5, 5.41) is 2.68. The van der Waals surface area contributed by atoms with Gasteiger partial charge in [0.15, 0.2) is 0 Å². The van der Waals surface area contributed by atoms with Gasteiger partial charge in [0, 0.05) is 30.8 Å². The van der Waals surface area contributed by atoms with Crippen molar-refractivity contribution in [2.45, 2.75) is 37.2 Å². The molecule has 1 saturated heterocycles. The number of nitrogens with zero attached hydrogens (tertiary/aromatic N) is 1. The summed E-state index contributed by atoms with van der Waals surface area (Å²) in [6.45, 7) is 1.71. The summed E-state index contributed by atoms with van der Waals surface area (Å²) >= 11 is 0. The van der Waals surface area contributed by atoms with Crippen LogP contribution in [0, 0.1) is 5.82 Å². The molecule has 3 aliphatic heterocycles. The van der Waals surface area contributed by atoms with E-state index in [2.05, 4.69) is 11.4 Å². The van der Waals surface area contributed by atoms with E-state index in [-0.39, 0.29) is 18.2 Å². The molecule has 1 N–H and O–H groups in total. The van der Waals surface area contributed by atoms with E-state index in [1.54, 1.807) is 13.2 Å². The van der Waals surface area contributed by atoms with Crippen molar-refractivity contribution in [2.75, 3.05) is 32.1 Å². The van der Waals surface area contributed by atoms with Crippen molar-refractivity contribution in [1.82, 2.24) is 4.90 Å². The SMILES string of the molecule is COc1cccc2c1C1(CCN(C(=O)C3CC(=O)Nc4cc(F)ccc43)CC1)OCC2. The standard InChI is InChI=1S/C24H25FN2O4/c1-30-20-4-2-3-15-7-12-31-24(22(15)20)8-10-27(11-9-24)23(29)18-14-21(28)26-19-13-16(25)5-6-17(18)19/h2-6,13,18H,7-12,14H2,1H3,(H,26,28). The molecule has 3 aliphatic rings. The van der Waals surface area contributed by atoms with E-state index >= 15 is 0 Å². The van der Waals surface area contributed by atoms with Crippen LogP contribution < -0.4 is 10.1 Å². The summed E-state index contributed by atoms with van der Waals surface area (Å²) in [6, 6.07) is 10.3. The van der Waals surface area contributed by atoms with Gasteiger partial charge in [-0.2, -0.15) is 0 Å². The minimum atomic E-state index is -0.590. The van der Waals surface area contributed by atoms with Crippen LogP contribution in [0.5, 0.6) is 5.75 Å². The second-order valence-corrected chi connectivity index (χ2v) is 8.45. The van der Waals surface area contributed by atoms with Crippen LogP contribution in [0.4, 0.5) is 10.1 Å². The van der Waals surface area contributed by atoms with Gasteiger partial charge in [0.1, 0.15) is 17.2 Å². The summed E-state index contributed by atoms with van der Waals surface area (Å²) in [6.07, 6.45) is 2.26. The average Bonchev–Trinajstić information content (AvgIpc) is 2.78. The van der Waals surface area contributed by atoms with Gasteiger partial charge in [-0.05, 0) is 48.6 Å². The summed E-state index contributed by atoms with van der Waals surface area (Å²) in [5.74, 6) is -0.550. The van der Waals surface area contributed by atoms with Crippen LogP contribution in [0.3, 0.4) is 0 Å². The molecule has 1 spiro atoms. The van der Waals surface area contributed by atoms with Gasteiger partial charge < -0.3 is 19.7 Å². The number of halogens is 1. The van der Waals surface area contributed by atoms with E-state index < -0.39 is 17.3 Å². The number of carbonyl (C=O) groups excluding carboxylic acids is 2. The van der Waals surface area contributed by atoms with Gasteiger partial charge in [0.05, 0.1) is 19.6 Å². The highest BCUT2D eigenvalue weighted by Gasteiger charge is 2.45. The lowest BCUT2D eigenvalue weighted by Gasteiger charge is -2.46. The number of piperidine rings is 1. The lowest BCUT2D eigenvalue weighted by molar-refractivity contribution is -0.143. The van der Waals surface area contributed by atoms with Crippen molar-refractivity contribution >= 4 is 17.5 Å². The number of benzene rings is 2. The molecule has 0 bridgehead atoms. The number of fused-ring (bicyclic) bond motifs is 3. The molecule has 6 nitrogen and oxygen atoms in total. The topological polar surface area (TPSA) is 67.9 Å². The molecule has 1 fully saturated rings. The molecule has 31 heavy (non-hydrogen) atoms. The van der Waals surface area contributed by atoms with Gasteiger partial charge >= 0.3 is 0 Å². The number of anilines is 1. The van der Waals surface area contributed by atoms with E-state index in [4.69, 9.17) is 9.47 Å². The fourth-order valence-corrected chi connectivity index (χ4v) is 5.26. The zero-order chi connectivity index (χ0) is 21.6. The predicted molar refractivity (Wildman–Crippen MR) is 113 cm³/mol. The van der Waals surface area contributed by atoms with Gasteiger partial charge in [-0.3, -0.25) is 9.59 Å². The normalized spacial score (nSPS) is 21.8. The lowest BCUT2D eigenvalue weighted by Crippen LogP contribution is -2.50. The van der Waals surface area contributed by atoms with Crippen molar-refractivity contribution < 1.29 is 23.5 Å². The maximum Gasteiger partial charge on any atom is 0.230 e. The van der Waals surface area contributed by atoms with E-state index in [0.717, 1.165) is 17.7 Å². The molecule has 5 rings (SSSR count). The molecule has 2 aromatic carbocycles. The number of methoxy groups -OCH3 is 1. The van der Waals surface area contributed by atoms with Crippen LogP contribution in [0.25, 0.3) is 0 Å². The number of likely N-dealkylation sites (tertiary alicyclic amines) is 1. The number of hydrogen-bond donors (Lipinski definition) is 1. The Kier molecular flexibility index (Phi) is 4.93. The number of nitrogens with one attached hydrogen (secondary N) is 1. The highest BCUT2D eigenvalue weighted by atomic mass is 19.1. The first-order valence-corrected chi connectivity index (χ1v) is 10.7. The highest BCUT2D eigenvalue weighted by molar-refractivity contribution is 6.01. The first kappa shape index (κ1) is 20.0. The third-order valence-electron chi connectivity index (χ3n) is 6.77. The summed E-state index contributed by atoms with van der Waals surface area (Å²) in [5.41, 5.74) is 2.95. The van der Waals surface area contributed by atoms with E-state index in [1.165, 1.54) is 17.7 Å². The van der Waals surface area contributed by atoms with Crippen LogP contribution >= 0.6 is 0 Å². The van der Waals surface area contributed by atoms with Crippen LogP contribution in [0.15, 0.2) is 36.4 Å². The molecule has 1 unspecified atom stereocenters. The molecule has 1 atom stereocenters. The van der Waals surface area contributed by atoms with Crippen LogP contribution in [0.2, 0.25) is 0 Å². The summed E-state index contributed by atoms with van der Waals surface area (Å²) in [4.78, 5) is 27.3. The second-order valence-electron chi connectivity index (χ2n) is 8.45. The number of rotatable bonds is 2. The fraction of sp³-hybridized carbons (Fsp3) is 0.417. The Morgan fingerprint density at radius 2 is 2.06 bits per heavy atom. The van der Waals surface area contributed by atoms with Crippen molar-refractivity contribution in [3.63, 3.8) is 0 Å². The quantitative estimate of drug-likeness (QED) is 0.803. The van der Waals surface area contributed by atoms with Gasteiger partial charge in [-0.15, -0.1) is 0 Å². The molecule has 7 heteroatoms. The molecule has 0 aliphatic carbocycles. The lowest BCUT2D eigenvalue weighted by atomic mass is 9.78. The van der Waals surface area contributed by atoms with Crippen LogP contribution in [-0.4, -0.2) is 43.5 Å². The first-order valence-electron chi connectivity index (χ1n) is 10.7. The second kappa shape index (κ2) is 7.64. The summed E-state index contributed by atoms with van der Waals surface area (Å²) < 4.78 is 25.6. The van der Waals surface area contributed by atoms with Crippen molar-refractivity contribution in [1.29, 1.82) is 0 Å². The van der Waals surface area contributed by atoms with Crippen LogP contribution in [-0.2, 0) is 26.3 Å². The van der Waals surface area contributed by atoms with Gasteiger partial charge in [0.2, 0.25) is 11.8 Å². The summed E-state index contributed by atoms with van der Waals surface area (Å²) in [7, 11) is 1.67. The number of carbonyl (C=O) groups is 2. The van der Waals surface area contributed by atoms with Gasteiger partial charge in [0.25, 0.3) is 0 Å². The molecule has 0 aromatic heterocycles. The minimum absolute atomic E-state index is 0.0757. The predicted octanol–water partition coefficient (Wildman–Crippen LogP) is 3.35. The van der Waals surface area contributed by atoms with E-state index in [9.17, 15) is 14.0 Å². The van der Waals surface area contributed by atoms with E-state index in [0.29, 0.717) is 43.8 Å². The Morgan fingerprint density at radius 1 is 1.26 bits per heavy atom. The maximum absolute atomic E-state index is 13.6. The maximum atomic E-state index is 13.6. The number of amides is 2. The Morgan fingerprint density at radius 3 is 2.84 bits per heavy atom. The van der Waals surface area contributed by atoms with Crippen molar-refractivity contribution in [3.8, 4) is 5.75 Å². The largest absolute Gasteiger partial charge is 0.496 e. The first-order chi connectivity index (χ1) is 15.0. The zero-order valence-corrected chi connectivity index (χ0v) is 17.4. The molecular weight excluding hydrogens is 399 g/mol. The molecule has 2 amide bonds. The molecular formula is C24H25FN2O4. The zero-order valence-electron chi connectivity index (χ0n) is 17.4. The Bertz CT molecular complexity index is 1030. The Balaban J connectivity index is 1.38. The molecule has 3 heterocycles. The third-order valence-corrected chi connectivity index (χ3v) is 6.77. The Labute approximate surface area is 180 Å². The van der Waals surface area contributed by atoms with Crippen molar-refractivity contribution in [2.24, 2.45) is 0 Å². The highest BCUT2D eigenvalue weighted by Crippen LogP contribution is 2.46. The fourth-order valence-electron chi connectivity index (χ4n) is 5.26. The molecule has 0 radical (unpaired) electrons. The smallest absolute Gasteiger partial charge is 0.230 e.